The van der Waals surface area contributed by atoms with Gasteiger partial charge in [0.05, 0.1) is 19.8 Å². The molecule has 0 N–H and O–H groups in total. The Hall–Kier alpha value is 0.0900. The molecule has 0 amide bonds. The Kier molecular flexibility index (Phi) is 4.45. The summed E-state index contributed by atoms with van der Waals surface area (Å²) in [5.41, 5.74) is 0. The van der Waals surface area contributed by atoms with Crippen LogP contribution in [0, 0.1) is 0 Å². The molecule has 0 spiro atoms. The Morgan fingerprint density at radius 1 is 1.26 bits per heavy atom. The molecule has 0 bridgehead atoms. The lowest BCUT2D eigenvalue weighted by Gasteiger charge is -2.38. The Balaban J connectivity index is 2.18. The summed E-state index contributed by atoms with van der Waals surface area (Å²) in [4.78, 5) is 16.4. The first kappa shape index (κ1) is 15.5. The Labute approximate surface area is 124 Å². The number of esters is 1. The number of hydrogen-bond donors (Lipinski definition) is 0. The molecule has 1 unspecified atom stereocenters. The van der Waals surface area contributed by atoms with E-state index in [2.05, 4.69) is 37.5 Å². The highest BCUT2D eigenvalue weighted by atomic mass is 33.1. The maximum atomic E-state index is 11.6. The van der Waals surface area contributed by atoms with Gasteiger partial charge < -0.3 is 4.74 Å². The van der Waals surface area contributed by atoms with Crippen LogP contribution in [0.1, 0.15) is 27.7 Å². The third kappa shape index (κ3) is 3.40. The highest BCUT2D eigenvalue weighted by molar-refractivity contribution is 8.77. The average molecular weight is 304 g/mol. The number of methoxy groups -OCH3 is 1. The standard InChI is InChI=1S/C13H24N2O2S2/c1-12(2)9-15-7-6-14(8-10(16)17-5)11(15)13(3,4)19-18-12/h11H,6-9H2,1-5H3. The molecule has 2 rings (SSSR count). The van der Waals surface area contributed by atoms with Gasteiger partial charge in [0.1, 0.15) is 0 Å². The van der Waals surface area contributed by atoms with Crippen molar-refractivity contribution in [3.8, 4) is 0 Å². The minimum Gasteiger partial charge on any atom is -0.468 e. The fourth-order valence-electron chi connectivity index (χ4n) is 2.95. The predicted octanol–water partition coefficient (Wildman–Crippen LogP) is 2.06. The van der Waals surface area contributed by atoms with Crippen LogP contribution in [0.25, 0.3) is 0 Å². The molecule has 0 aromatic carbocycles. The van der Waals surface area contributed by atoms with Gasteiger partial charge in [-0.2, -0.15) is 0 Å². The predicted molar refractivity (Wildman–Crippen MR) is 82.3 cm³/mol. The normalized spacial score (nSPS) is 30.7. The molecular weight excluding hydrogens is 280 g/mol. The second-order valence-corrected chi connectivity index (χ2v) is 9.91. The summed E-state index contributed by atoms with van der Waals surface area (Å²) in [6.07, 6.45) is 0.311. The summed E-state index contributed by atoms with van der Waals surface area (Å²) in [5, 5.41) is 0. The highest BCUT2D eigenvalue weighted by Crippen LogP contribution is 2.51. The fourth-order valence-corrected chi connectivity index (χ4v) is 5.73. The van der Waals surface area contributed by atoms with Crippen LogP contribution in [0.5, 0.6) is 0 Å². The molecule has 0 saturated carbocycles. The molecule has 2 saturated heterocycles. The van der Waals surface area contributed by atoms with Gasteiger partial charge in [0.15, 0.2) is 0 Å². The van der Waals surface area contributed by atoms with E-state index in [1.807, 2.05) is 21.6 Å². The molecule has 0 radical (unpaired) electrons. The third-order valence-electron chi connectivity index (χ3n) is 3.61. The molecular formula is C13H24N2O2S2. The number of carbonyl (C=O) groups is 1. The van der Waals surface area contributed by atoms with E-state index in [-0.39, 0.29) is 15.5 Å². The second-order valence-electron chi connectivity index (χ2n) is 6.42. The number of nitrogens with zero attached hydrogens (tertiary/aromatic N) is 2. The van der Waals surface area contributed by atoms with Crippen LogP contribution in [0.2, 0.25) is 0 Å². The zero-order chi connectivity index (χ0) is 14.3. The maximum Gasteiger partial charge on any atom is 0.319 e. The van der Waals surface area contributed by atoms with E-state index in [0.717, 1.165) is 19.6 Å². The smallest absolute Gasteiger partial charge is 0.319 e. The summed E-state index contributed by atoms with van der Waals surface area (Å²) in [6.45, 7) is 12.6. The molecule has 0 aromatic heterocycles. The van der Waals surface area contributed by atoms with E-state index in [0.29, 0.717) is 12.7 Å². The Morgan fingerprint density at radius 3 is 2.58 bits per heavy atom. The van der Waals surface area contributed by atoms with Gasteiger partial charge in [-0.25, -0.2) is 0 Å². The maximum absolute atomic E-state index is 11.6. The topological polar surface area (TPSA) is 32.8 Å². The van der Waals surface area contributed by atoms with Crippen molar-refractivity contribution in [2.24, 2.45) is 0 Å². The monoisotopic (exact) mass is 304 g/mol. The average Bonchev–Trinajstić information content (AvgIpc) is 2.65. The number of hydrogen-bond acceptors (Lipinski definition) is 6. The van der Waals surface area contributed by atoms with E-state index in [1.54, 1.807) is 0 Å². The molecule has 2 aliphatic heterocycles. The van der Waals surface area contributed by atoms with Crippen molar-refractivity contribution in [2.45, 2.75) is 43.4 Å². The molecule has 1 atom stereocenters. The minimum atomic E-state index is -0.140. The first-order valence-corrected chi connectivity index (χ1v) is 8.82. The number of carbonyl (C=O) groups excluding carboxylic acids is 1. The summed E-state index contributed by atoms with van der Waals surface area (Å²) in [5.74, 6) is -0.140. The van der Waals surface area contributed by atoms with E-state index < -0.39 is 0 Å². The van der Waals surface area contributed by atoms with Crippen LogP contribution in [-0.4, -0.2) is 64.7 Å². The number of fused-ring (bicyclic) bond motifs is 1. The molecule has 2 fully saturated rings. The van der Waals surface area contributed by atoms with Crippen LogP contribution >= 0.6 is 21.6 Å². The lowest BCUT2D eigenvalue weighted by Crippen LogP contribution is -2.52. The summed E-state index contributed by atoms with van der Waals surface area (Å²) in [7, 11) is 5.37. The van der Waals surface area contributed by atoms with E-state index in [1.165, 1.54) is 7.11 Å². The van der Waals surface area contributed by atoms with Crippen LogP contribution in [-0.2, 0) is 9.53 Å². The third-order valence-corrected chi connectivity index (χ3v) is 7.81. The molecule has 110 valence electrons. The minimum absolute atomic E-state index is 0.100. The lowest BCUT2D eigenvalue weighted by atomic mass is 10.1. The molecule has 19 heavy (non-hydrogen) atoms. The molecule has 4 nitrogen and oxygen atoms in total. The van der Waals surface area contributed by atoms with Crippen molar-refractivity contribution in [1.29, 1.82) is 0 Å². The van der Waals surface area contributed by atoms with Crippen LogP contribution in [0.4, 0.5) is 0 Å². The van der Waals surface area contributed by atoms with Gasteiger partial charge in [-0.1, -0.05) is 21.6 Å². The SMILES string of the molecule is COC(=O)CN1CCN2CC(C)(C)SSC(C)(C)C12. The first-order valence-electron chi connectivity index (χ1n) is 6.67. The van der Waals surface area contributed by atoms with E-state index in [4.69, 9.17) is 4.74 Å². The van der Waals surface area contributed by atoms with Crippen molar-refractivity contribution < 1.29 is 9.53 Å². The van der Waals surface area contributed by atoms with Gasteiger partial charge in [-0.3, -0.25) is 14.6 Å². The highest BCUT2D eigenvalue weighted by Gasteiger charge is 2.48. The van der Waals surface area contributed by atoms with Gasteiger partial charge in [-0.05, 0) is 27.7 Å². The van der Waals surface area contributed by atoms with Gasteiger partial charge in [-0.15, -0.1) is 0 Å². The molecule has 0 aromatic rings. The van der Waals surface area contributed by atoms with Crippen LogP contribution in [0.15, 0.2) is 0 Å². The molecule has 2 heterocycles. The molecule has 0 aliphatic carbocycles. The van der Waals surface area contributed by atoms with Gasteiger partial charge in [0.25, 0.3) is 0 Å². The first-order chi connectivity index (χ1) is 8.75. The van der Waals surface area contributed by atoms with E-state index in [9.17, 15) is 4.79 Å². The summed E-state index contributed by atoms with van der Waals surface area (Å²) < 4.78 is 5.17. The molecule has 2 aliphatic rings. The number of rotatable bonds is 2. The van der Waals surface area contributed by atoms with Crippen molar-refractivity contribution in [1.82, 2.24) is 9.80 Å². The van der Waals surface area contributed by atoms with E-state index >= 15 is 0 Å². The fraction of sp³-hybridized carbons (Fsp3) is 0.923. The zero-order valence-corrected chi connectivity index (χ0v) is 14.1. The van der Waals surface area contributed by atoms with Crippen molar-refractivity contribution in [3.63, 3.8) is 0 Å². The van der Waals surface area contributed by atoms with Gasteiger partial charge in [0, 0.05) is 29.1 Å². The van der Waals surface area contributed by atoms with Crippen molar-refractivity contribution >= 4 is 27.6 Å². The summed E-state index contributed by atoms with van der Waals surface area (Å²) >= 11 is 0. The van der Waals surface area contributed by atoms with Crippen molar-refractivity contribution in [3.05, 3.63) is 0 Å². The van der Waals surface area contributed by atoms with Gasteiger partial charge >= 0.3 is 5.97 Å². The second kappa shape index (κ2) is 5.47. The lowest BCUT2D eigenvalue weighted by molar-refractivity contribution is -0.142. The van der Waals surface area contributed by atoms with Gasteiger partial charge in [0.2, 0.25) is 0 Å². The van der Waals surface area contributed by atoms with Crippen LogP contribution < -0.4 is 0 Å². The van der Waals surface area contributed by atoms with Crippen LogP contribution in [0.3, 0.4) is 0 Å². The quantitative estimate of drug-likeness (QED) is 0.573. The summed E-state index contributed by atoms with van der Waals surface area (Å²) in [6, 6.07) is 0. The Bertz CT molecular complexity index is 361. The van der Waals surface area contributed by atoms with Crippen molar-refractivity contribution in [2.75, 3.05) is 33.3 Å². The Morgan fingerprint density at radius 2 is 1.95 bits per heavy atom. The largest absolute Gasteiger partial charge is 0.468 e. The zero-order valence-electron chi connectivity index (χ0n) is 12.4. The molecule has 6 heteroatoms. The number of ether oxygens (including phenoxy) is 1.